The Morgan fingerprint density at radius 3 is 2.56 bits per heavy atom. The van der Waals surface area contributed by atoms with Crippen molar-refractivity contribution in [3.8, 4) is 21.9 Å². The van der Waals surface area contributed by atoms with Crippen LogP contribution in [-0.2, 0) is 13.0 Å². The average molecular weight is 499 g/mol. The molecule has 0 saturated carbocycles. The first-order chi connectivity index (χ1) is 17.7. The van der Waals surface area contributed by atoms with Crippen LogP contribution in [-0.4, -0.2) is 41.4 Å². The monoisotopic (exact) mass is 498 g/mol. The molecule has 2 aromatic carbocycles. The van der Waals surface area contributed by atoms with Gasteiger partial charge in [-0.25, -0.2) is 9.67 Å². The minimum atomic E-state index is -0.224. The van der Waals surface area contributed by atoms with Gasteiger partial charge in [-0.1, -0.05) is 42.5 Å². The quantitative estimate of drug-likeness (QED) is 0.302. The molecule has 0 aliphatic carbocycles. The number of rotatable bonds is 9. The van der Waals surface area contributed by atoms with E-state index in [0.717, 1.165) is 27.0 Å². The summed E-state index contributed by atoms with van der Waals surface area (Å²) in [6.45, 7) is 0.979. The topological polar surface area (TPSA) is 78.3 Å². The molecule has 1 amide bonds. The predicted octanol–water partition coefficient (Wildman–Crippen LogP) is 5.20. The zero-order chi connectivity index (χ0) is 24.9. The maximum absolute atomic E-state index is 13.4. The van der Waals surface area contributed by atoms with E-state index >= 15 is 0 Å². The summed E-state index contributed by atoms with van der Waals surface area (Å²) in [7, 11) is 3.22. The van der Waals surface area contributed by atoms with Gasteiger partial charge in [-0.2, -0.15) is 5.10 Å². The van der Waals surface area contributed by atoms with Crippen molar-refractivity contribution in [1.82, 2.24) is 20.1 Å². The molecule has 0 fully saturated rings. The van der Waals surface area contributed by atoms with Gasteiger partial charge in [0.05, 0.1) is 26.2 Å². The van der Waals surface area contributed by atoms with Gasteiger partial charge in [0.25, 0.3) is 5.91 Å². The van der Waals surface area contributed by atoms with Gasteiger partial charge in [0.1, 0.15) is 0 Å². The van der Waals surface area contributed by atoms with Crippen LogP contribution in [0.2, 0.25) is 0 Å². The van der Waals surface area contributed by atoms with Gasteiger partial charge < -0.3 is 14.8 Å². The van der Waals surface area contributed by atoms with Crippen LogP contribution in [0.5, 0.6) is 11.5 Å². The van der Waals surface area contributed by atoms with Crippen LogP contribution in [0.25, 0.3) is 21.5 Å². The largest absolute Gasteiger partial charge is 0.493 e. The zero-order valence-corrected chi connectivity index (χ0v) is 20.9. The minimum Gasteiger partial charge on any atom is -0.493 e. The van der Waals surface area contributed by atoms with Crippen molar-refractivity contribution in [2.45, 2.75) is 13.0 Å². The molecule has 0 bridgehead atoms. The molecule has 5 rings (SSSR count). The summed E-state index contributed by atoms with van der Waals surface area (Å²) in [6.07, 6.45) is 2.42. The smallest absolute Gasteiger partial charge is 0.272 e. The number of hydrogen-bond donors (Lipinski definition) is 1. The van der Waals surface area contributed by atoms with Gasteiger partial charge in [0.2, 0.25) is 0 Å². The maximum atomic E-state index is 13.4. The number of nitrogens with one attached hydrogen (secondary N) is 1. The van der Waals surface area contributed by atoms with E-state index < -0.39 is 0 Å². The van der Waals surface area contributed by atoms with Gasteiger partial charge in [0.15, 0.2) is 22.8 Å². The molecule has 36 heavy (non-hydrogen) atoms. The fourth-order valence-electron chi connectivity index (χ4n) is 4.20. The average Bonchev–Trinajstić information content (AvgIpc) is 3.58. The summed E-state index contributed by atoms with van der Waals surface area (Å²) in [4.78, 5) is 19.1. The highest BCUT2D eigenvalue weighted by molar-refractivity contribution is 7.13. The number of carbonyl (C=O) groups excluding carboxylic acids is 1. The van der Waals surface area contributed by atoms with E-state index in [1.807, 2.05) is 76.8 Å². The summed E-state index contributed by atoms with van der Waals surface area (Å²) >= 11 is 1.63. The van der Waals surface area contributed by atoms with Gasteiger partial charge >= 0.3 is 0 Å². The molecule has 7 nitrogen and oxygen atoms in total. The first-order valence-corrected chi connectivity index (χ1v) is 12.5. The lowest BCUT2D eigenvalue weighted by Gasteiger charge is -2.10. The number of ether oxygens (including phenoxy) is 2. The number of benzene rings is 2. The molecule has 0 aliphatic heterocycles. The molecular formula is C28H26N4O3S. The highest BCUT2D eigenvalue weighted by atomic mass is 32.1. The second-order valence-corrected chi connectivity index (χ2v) is 9.17. The highest BCUT2D eigenvalue weighted by Crippen LogP contribution is 2.33. The predicted molar refractivity (Wildman–Crippen MR) is 142 cm³/mol. The van der Waals surface area contributed by atoms with Crippen LogP contribution >= 0.6 is 11.3 Å². The summed E-state index contributed by atoms with van der Waals surface area (Å²) in [5, 5.41) is 10.6. The number of hydrogen-bond acceptors (Lipinski definition) is 6. The van der Waals surface area contributed by atoms with Crippen LogP contribution in [0.1, 0.15) is 21.6 Å². The van der Waals surface area contributed by atoms with E-state index in [1.54, 1.807) is 31.8 Å². The fourth-order valence-corrected chi connectivity index (χ4v) is 4.96. The number of amides is 1. The number of carbonyl (C=O) groups is 1. The molecule has 5 aromatic rings. The number of aromatic nitrogens is 3. The molecule has 0 atom stereocenters. The number of fused-ring (bicyclic) bond motifs is 1. The fraction of sp³-hybridized carbons (Fsp3) is 0.179. The molecular weight excluding hydrogens is 472 g/mol. The minimum absolute atomic E-state index is 0.224. The van der Waals surface area contributed by atoms with Crippen LogP contribution < -0.4 is 14.8 Å². The second-order valence-electron chi connectivity index (χ2n) is 8.22. The highest BCUT2D eigenvalue weighted by Gasteiger charge is 2.22. The third-order valence-electron chi connectivity index (χ3n) is 5.96. The Bertz CT molecular complexity index is 1480. The number of nitrogens with zero attached hydrogens (tertiary/aromatic N) is 3. The van der Waals surface area contributed by atoms with Crippen molar-refractivity contribution >= 4 is 28.3 Å². The molecule has 182 valence electrons. The van der Waals surface area contributed by atoms with Crippen molar-refractivity contribution in [2.75, 3.05) is 20.8 Å². The molecule has 8 heteroatoms. The summed E-state index contributed by atoms with van der Waals surface area (Å²) < 4.78 is 12.5. The maximum Gasteiger partial charge on any atom is 0.272 e. The van der Waals surface area contributed by atoms with Crippen molar-refractivity contribution < 1.29 is 14.3 Å². The Labute approximate surface area is 213 Å². The van der Waals surface area contributed by atoms with Crippen LogP contribution in [0.15, 0.2) is 78.3 Å². The summed E-state index contributed by atoms with van der Waals surface area (Å²) in [5.41, 5.74) is 4.15. The molecule has 0 unspecified atom stereocenters. The summed E-state index contributed by atoms with van der Waals surface area (Å²) in [5.74, 6) is 1.12. The van der Waals surface area contributed by atoms with Crippen molar-refractivity contribution in [3.63, 3.8) is 0 Å². The third-order valence-corrected chi connectivity index (χ3v) is 6.86. The first-order valence-electron chi connectivity index (χ1n) is 11.6. The van der Waals surface area contributed by atoms with Crippen molar-refractivity contribution in [3.05, 3.63) is 95.1 Å². The second kappa shape index (κ2) is 10.6. The molecule has 3 aromatic heterocycles. The van der Waals surface area contributed by atoms with Crippen LogP contribution in [0, 0.1) is 0 Å². The zero-order valence-electron chi connectivity index (χ0n) is 20.1. The standard InChI is InChI=1S/C28H26N4O3S/c1-34-22-11-10-19(17-23(22)35-2)12-14-30-28(33)26-25-21(24-9-6-16-36-24)13-15-29-27(25)32(31-26)18-20-7-4-3-5-8-20/h3-11,13,15-17H,12,14,18H2,1-2H3,(H,30,33). The Hall–Kier alpha value is -4.17. The van der Waals surface area contributed by atoms with E-state index in [1.165, 1.54) is 0 Å². The van der Waals surface area contributed by atoms with E-state index in [2.05, 4.69) is 10.3 Å². The normalized spacial score (nSPS) is 10.9. The Kier molecular flexibility index (Phi) is 6.95. The van der Waals surface area contributed by atoms with Gasteiger partial charge in [-0.3, -0.25) is 4.79 Å². The van der Waals surface area contributed by atoms with Crippen molar-refractivity contribution in [1.29, 1.82) is 0 Å². The Balaban J connectivity index is 1.44. The van der Waals surface area contributed by atoms with E-state index in [9.17, 15) is 4.79 Å². The third kappa shape index (κ3) is 4.81. The Morgan fingerprint density at radius 2 is 1.81 bits per heavy atom. The van der Waals surface area contributed by atoms with E-state index in [0.29, 0.717) is 42.4 Å². The van der Waals surface area contributed by atoms with Gasteiger partial charge in [-0.15, -0.1) is 11.3 Å². The molecule has 3 heterocycles. The summed E-state index contributed by atoms with van der Waals surface area (Å²) in [6, 6.07) is 21.8. The van der Waals surface area contributed by atoms with Crippen molar-refractivity contribution in [2.24, 2.45) is 0 Å². The number of thiophene rings is 1. The van der Waals surface area contributed by atoms with Crippen LogP contribution in [0.4, 0.5) is 0 Å². The van der Waals surface area contributed by atoms with E-state index in [-0.39, 0.29) is 5.91 Å². The number of pyridine rings is 1. The molecule has 1 N–H and O–H groups in total. The molecule has 0 radical (unpaired) electrons. The SMILES string of the molecule is COc1ccc(CCNC(=O)c2nn(Cc3ccccc3)c3nccc(-c4cccs4)c23)cc1OC. The van der Waals surface area contributed by atoms with Gasteiger partial charge in [-0.05, 0) is 47.2 Å². The lowest BCUT2D eigenvalue weighted by molar-refractivity contribution is 0.0950. The first kappa shape index (κ1) is 23.6. The lowest BCUT2D eigenvalue weighted by atomic mass is 10.1. The molecule has 0 spiro atoms. The van der Waals surface area contributed by atoms with Crippen LogP contribution in [0.3, 0.4) is 0 Å². The number of methoxy groups -OCH3 is 2. The lowest BCUT2D eigenvalue weighted by Crippen LogP contribution is -2.26. The molecule has 0 aliphatic rings. The van der Waals surface area contributed by atoms with Gasteiger partial charge in [0, 0.05) is 23.2 Å². The Morgan fingerprint density at radius 1 is 0.972 bits per heavy atom. The molecule has 0 saturated heterocycles. The van der Waals surface area contributed by atoms with E-state index in [4.69, 9.17) is 14.6 Å².